The van der Waals surface area contributed by atoms with Crippen molar-refractivity contribution in [2.24, 2.45) is 29.1 Å². The first-order valence-electron chi connectivity index (χ1n) is 10.5. The van der Waals surface area contributed by atoms with Crippen molar-refractivity contribution >= 4 is 17.7 Å². The lowest BCUT2D eigenvalue weighted by Gasteiger charge is -2.53. The van der Waals surface area contributed by atoms with Crippen molar-refractivity contribution in [3.63, 3.8) is 0 Å². The molecule has 3 fully saturated rings. The van der Waals surface area contributed by atoms with Crippen molar-refractivity contribution < 1.29 is 24.2 Å². The molecule has 27 heavy (non-hydrogen) atoms. The zero-order chi connectivity index (χ0) is 19.2. The van der Waals surface area contributed by atoms with Gasteiger partial charge in [0.15, 0.2) is 5.78 Å². The molecule has 4 rings (SSSR count). The van der Waals surface area contributed by atoms with Gasteiger partial charge in [0, 0.05) is 11.8 Å². The van der Waals surface area contributed by atoms with Crippen molar-refractivity contribution in [2.45, 2.75) is 77.2 Å². The molecule has 0 aromatic rings. The van der Waals surface area contributed by atoms with Crippen LogP contribution in [0.5, 0.6) is 0 Å². The number of carbonyl (C=O) groups excluding carboxylic acids is 2. The largest absolute Gasteiger partial charge is 0.481 e. The topological polar surface area (TPSA) is 80.7 Å². The average molecular weight is 374 g/mol. The van der Waals surface area contributed by atoms with Crippen LogP contribution >= 0.6 is 0 Å². The minimum absolute atomic E-state index is 0.0196. The normalized spacial score (nSPS) is 40.4. The molecule has 1 N–H and O–H groups in total. The minimum atomic E-state index is -0.958. The third-order valence-electron chi connectivity index (χ3n) is 8.03. The minimum Gasteiger partial charge on any atom is -0.481 e. The summed E-state index contributed by atoms with van der Waals surface area (Å²) < 4.78 is 5.78. The lowest BCUT2D eigenvalue weighted by Crippen LogP contribution is -2.48. The molecule has 5 heteroatoms. The van der Waals surface area contributed by atoms with Crippen LogP contribution in [0.25, 0.3) is 0 Å². The number of esters is 1. The van der Waals surface area contributed by atoms with Crippen LogP contribution < -0.4 is 0 Å². The smallest absolute Gasteiger partial charge is 0.306 e. The highest BCUT2D eigenvalue weighted by Crippen LogP contribution is 2.62. The number of ketones is 1. The van der Waals surface area contributed by atoms with E-state index in [0.29, 0.717) is 35.9 Å². The molecule has 0 aromatic carbocycles. The van der Waals surface area contributed by atoms with Gasteiger partial charge in [0.05, 0.1) is 12.8 Å². The number of carbonyl (C=O) groups is 3. The molecule has 0 heterocycles. The van der Waals surface area contributed by atoms with Crippen LogP contribution in [0.15, 0.2) is 11.6 Å². The molecule has 0 saturated heterocycles. The Hall–Kier alpha value is -1.65. The van der Waals surface area contributed by atoms with E-state index in [0.717, 1.165) is 44.9 Å². The van der Waals surface area contributed by atoms with Gasteiger partial charge in [-0.3, -0.25) is 14.4 Å². The van der Waals surface area contributed by atoms with E-state index in [1.165, 1.54) is 5.57 Å². The highest BCUT2D eigenvalue weighted by molar-refractivity contribution is 5.91. The van der Waals surface area contributed by atoms with E-state index in [1.807, 2.05) is 6.08 Å². The van der Waals surface area contributed by atoms with Gasteiger partial charge in [-0.2, -0.15) is 0 Å². The van der Waals surface area contributed by atoms with Gasteiger partial charge in [-0.25, -0.2) is 0 Å². The molecular weight excluding hydrogens is 344 g/mol. The summed E-state index contributed by atoms with van der Waals surface area (Å²) in [5.41, 5.74) is 1.41. The summed E-state index contributed by atoms with van der Waals surface area (Å²) >= 11 is 0. The van der Waals surface area contributed by atoms with Crippen molar-refractivity contribution in [1.82, 2.24) is 0 Å². The molecule has 0 aliphatic heterocycles. The Morgan fingerprint density at radius 1 is 1.11 bits per heavy atom. The molecule has 5 nitrogen and oxygen atoms in total. The Morgan fingerprint density at radius 2 is 1.93 bits per heavy atom. The summed E-state index contributed by atoms with van der Waals surface area (Å²) in [4.78, 5) is 34.6. The number of aliphatic carboxylic acids is 1. The Kier molecular flexibility index (Phi) is 4.89. The van der Waals surface area contributed by atoms with Gasteiger partial charge < -0.3 is 9.84 Å². The first kappa shape index (κ1) is 18.7. The second kappa shape index (κ2) is 7.06. The maximum atomic E-state index is 12.1. The van der Waals surface area contributed by atoms with Crippen LogP contribution in [0.4, 0.5) is 0 Å². The molecule has 0 spiro atoms. The van der Waals surface area contributed by atoms with Gasteiger partial charge >= 0.3 is 11.9 Å². The fourth-order valence-corrected chi connectivity index (χ4v) is 6.75. The SMILES string of the molecule is C[C@]12CC[C@H]3[C@@H](CCC4=CC(=O)CC[C@@H]43)[C@@H]1CC[C@H]2OC(=O)CCC(=O)O. The number of allylic oxidation sites excluding steroid dienone is 1. The second-order valence-electron chi connectivity index (χ2n) is 9.30. The van der Waals surface area contributed by atoms with Gasteiger partial charge in [0.2, 0.25) is 0 Å². The highest BCUT2D eigenvalue weighted by atomic mass is 16.5. The van der Waals surface area contributed by atoms with Gasteiger partial charge in [0.1, 0.15) is 6.10 Å². The molecule has 6 atom stereocenters. The van der Waals surface area contributed by atoms with E-state index >= 15 is 0 Å². The molecule has 0 radical (unpaired) electrons. The molecule has 0 aromatic heterocycles. The predicted molar refractivity (Wildman–Crippen MR) is 98.8 cm³/mol. The summed E-state index contributed by atoms with van der Waals surface area (Å²) in [7, 11) is 0. The van der Waals surface area contributed by atoms with Crippen molar-refractivity contribution in [3.8, 4) is 0 Å². The van der Waals surface area contributed by atoms with E-state index in [1.54, 1.807) is 0 Å². The summed E-state index contributed by atoms with van der Waals surface area (Å²) in [6, 6.07) is 0. The van der Waals surface area contributed by atoms with Gasteiger partial charge in [0.25, 0.3) is 0 Å². The zero-order valence-electron chi connectivity index (χ0n) is 16.1. The summed E-state index contributed by atoms with van der Waals surface area (Å²) in [5.74, 6) is 1.48. The zero-order valence-corrected chi connectivity index (χ0v) is 16.1. The van der Waals surface area contributed by atoms with E-state index < -0.39 is 5.97 Å². The predicted octanol–water partition coefficient (Wildman–Crippen LogP) is 3.90. The molecule has 4 aliphatic carbocycles. The van der Waals surface area contributed by atoms with Gasteiger partial charge in [-0.1, -0.05) is 12.5 Å². The molecule has 0 unspecified atom stereocenters. The Labute approximate surface area is 160 Å². The first-order valence-corrected chi connectivity index (χ1v) is 10.5. The molecule has 0 bridgehead atoms. The van der Waals surface area contributed by atoms with Crippen LogP contribution in [0.3, 0.4) is 0 Å². The number of carboxylic acids is 1. The monoisotopic (exact) mass is 374 g/mol. The van der Waals surface area contributed by atoms with E-state index in [-0.39, 0.29) is 30.3 Å². The Morgan fingerprint density at radius 3 is 2.70 bits per heavy atom. The fourth-order valence-electron chi connectivity index (χ4n) is 6.75. The number of carboxylic acid groups (broad SMARTS) is 1. The standard InChI is InChI=1S/C22H30O5/c1-22-11-10-16-15-5-3-14(23)12-13(15)2-4-17(16)18(22)6-7-19(22)27-21(26)9-8-20(24)25/h12,15-19H,2-11H2,1H3,(H,24,25)/t15-,16+,17+,18-,19+,22-/m0/s1. The quantitative estimate of drug-likeness (QED) is 0.755. The van der Waals surface area contributed by atoms with Crippen molar-refractivity contribution in [1.29, 1.82) is 0 Å². The van der Waals surface area contributed by atoms with Crippen LogP contribution in [0.1, 0.15) is 71.1 Å². The molecule has 3 saturated carbocycles. The Bertz CT molecular complexity index is 680. The van der Waals surface area contributed by atoms with Gasteiger partial charge in [-0.05, 0) is 74.7 Å². The number of ether oxygens (including phenoxy) is 1. The third kappa shape index (κ3) is 3.34. The first-order chi connectivity index (χ1) is 12.9. The maximum Gasteiger partial charge on any atom is 0.306 e. The molecule has 0 amide bonds. The van der Waals surface area contributed by atoms with Crippen molar-refractivity contribution in [2.75, 3.05) is 0 Å². The second-order valence-corrected chi connectivity index (χ2v) is 9.30. The number of fused-ring (bicyclic) bond motifs is 5. The van der Waals surface area contributed by atoms with Crippen LogP contribution in [-0.4, -0.2) is 28.9 Å². The molecule has 4 aliphatic rings. The summed E-state index contributed by atoms with van der Waals surface area (Å²) in [6.07, 6.45) is 9.78. The van der Waals surface area contributed by atoms with Crippen LogP contribution in [0, 0.1) is 29.1 Å². The van der Waals surface area contributed by atoms with Crippen molar-refractivity contribution in [3.05, 3.63) is 11.6 Å². The van der Waals surface area contributed by atoms with Crippen LogP contribution in [-0.2, 0) is 19.1 Å². The van der Waals surface area contributed by atoms with Gasteiger partial charge in [-0.15, -0.1) is 0 Å². The van der Waals surface area contributed by atoms with E-state index in [2.05, 4.69) is 6.92 Å². The van der Waals surface area contributed by atoms with Crippen LogP contribution in [0.2, 0.25) is 0 Å². The Balaban J connectivity index is 1.45. The lowest BCUT2D eigenvalue weighted by molar-refractivity contribution is -0.160. The maximum absolute atomic E-state index is 12.1. The number of rotatable bonds is 4. The number of hydrogen-bond acceptors (Lipinski definition) is 4. The summed E-state index contributed by atoms with van der Waals surface area (Å²) in [6.45, 7) is 2.28. The molecule has 148 valence electrons. The third-order valence-corrected chi connectivity index (χ3v) is 8.03. The molecular formula is C22H30O5. The highest BCUT2D eigenvalue weighted by Gasteiger charge is 2.57. The lowest BCUT2D eigenvalue weighted by atomic mass is 9.52. The van der Waals surface area contributed by atoms with E-state index in [4.69, 9.17) is 9.84 Å². The average Bonchev–Trinajstić information content (AvgIpc) is 2.96. The summed E-state index contributed by atoms with van der Waals surface area (Å²) in [5, 5.41) is 8.77. The van der Waals surface area contributed by atoms with E-state index in [9.17, 15) is 14.4 Å². The fraction of sp³-hybridized carbons (Fsp3) is 0.773. The number of hydrogen-bond donors (Lipinski definition) is 1.